The van der Waals surface area contributed by atoms with Crippen LogP contribution in [0.4, 0.5) is 0 Å². The van der Waals surface area contributed by atoms with Crippen molar-refractivity contribution in [3.63, 3.8) is 0 Å². The first-order valence-electron chi connectivity index (χ1n) is 7.85. The lowest BCUT2D eigenvalue weighted by molar-refractivity contribution is 0.197. The summed E-state index contributed by atoms with van der Waals surface area (Å²) in [5.41, 5.74) is 3.28. The van der Waals surface area contributed by atoms with Crippen molar-refractivity contribution < 1.29 is 4.74 Å². The average Bonchev–Trinajstić information content (AvgIpc) is 2.45. The molecule has 0 aliphatic heterocycles. The third-order valence-corrected chi connectivity index (χ3v) is 3.98. The Balaban J connectivity index is 2.27. The Hall–Kier alpha value is -0.860. The molecular weight excluding hydrogens is 246 g/mol. The first-order chi connectivity index (χ1) is 9.57. The number of hydrogen-bond donors (Lipinski definition) is 1. The fourth-order valence-electron chi connectivity index (χ4n) is 2.28. The zero-order valence-corrected chi connectivity index (χ0v) is 13.7. The van der Waals surface area contributed by atoms with Crippen LogP contribution in [0, 0.1) is 5.41 Å². The number of aryl methyl sites for hydroxylation is 2. The Morgan fingerprint density at radius 1 is 1.00 bits per heavy atom. The maximum absolute atomic E-state index is 5.04. The predicted octanol–water partition coefficient (Wildman–Crippen LogP) is 3.83. The van der Waals surface area contributed by atoms with Crippen LogP contribution >= 0.6 is 0 Å². The Kier molecular flexibility index (Phi) is 7.86. The number of hydrogen-bond acceptors (Lipinski definition) is 2. The van der Waals surface area contributed by atoms with Crippen molar-refractivity contribution in [2.75, 3.05) is 26.8 Å². The van der Waals surface area contributed by atoms with E-state index in [4.69, 9.17) is 4.74 Å². The van der Waals surface area contributed by atoms with Gasteiger partial charge in [0.2, 0.25) is 0 Å². The fourth-order valence-corrected chi connectivity index (χ4v) is 2.28. The van der Waals surface area contributed by atoms with E-state index in [1.807, 2.05) is 0 Å². The molecule has 0 amide bonds. The Morgan fingerprint density at radius 3 is 2.25 bits per heavy atom. The van der Waals surface area contributed by atoms with E-state index in [9.17, 15) is 0 Å². The molecule has 0 bridgehead atoms. The Morgan fingerprint density at radius 2 is 1.65 bits per heavy atom. The molecule has 1 rings (SSSR count). The summed E-state index contributed by atoms with van der Waals surface area (Å²) in [5.74, 6) is 0. The van der Waals surface area contributed by atoms with Gasteiger partial charge < -0.3 is 10.1 Å². The second-order valence-corrected chi connectivity index (χ2v) is 6.33. The molecule has 0 saturated carbocycles. The summed E-state index contributed by atoms with van der Waals surface area (Å²) in [4.78, 5) is 0. The standard InChI is InChI=1S/C18H31NO/c1-5-16-6-8-17(9-7-16)10-11-18(2,3)12-13-19-14-15-20-4/h6-9,19H,5,10-15H2,1-4H3. The van der Waals surface area contributed by atoms with E-state index in [1.54, 1.807) is 7.11 Å². The van der Waals surface area contributed by atoms with Crippen LogP contribution in [0.15, 0.2) is 24.3 Å². The van der Waals surface area contributed by atoms with Gasteiger partial charge in [-0.1, -0.05) is 45.0 Å². The Labute approximate surface area is 124 Å². The summed E-state index contributed by atoms with van der Waals surface area (Å²) in [6.45, 7) is 9.76. The Bertz CT molecular complexity index is 356. The summed E-state index contributed by atoms with van der Waals surface area (Å²) >= 11 is 0. The maximum atomic E-state index is 5.04. The SMILES string of the molecule is CCc1ccc(CCC(C)(C)CCNCCOC)cc1. The highest BCUT2D eigenvalue weighted by atomic mass is 16.5. The van der Waals surface area contributed by atoms with E-state index in [-0.39, 0.29) is 0 Å². The van der Waals surface area contributed by atoms with Crippen LogP contribution in [0.2, 0.25) is 0 Å². The lowest BCUT2D eigenvalue weighted by atomic mass is 9.83. The maximum Gasteiger partial charge on any atom is 0.0587 e. The molecular formula is C18H31NO. The highest BCUT2D eigenvalue weighted by Gasteiger charge is 2.17. The van der Waals surface area contributed by atoms with E-state index in [1.165, 1.54) is 30.4 Å². The van der Waals surface area contributed by atoms with Gasteiger partial charge in [-0.2, -0.15) is 0 Å². The second-order valence-electron chi connectivity index (χ2n) is 6.33. The van der Waals surface area contributed by atoms with Crippen molar-refractivity contribution in [2.45, 2.75) is 46.5 Å². The second kappa shape index (κ2) is 9.15. The van der Waals surface area contributed by atoms with Crippen molar-refractivity contribution in [3.8, 4) is 0 Å². The van der Waals surface area contributed by atoms with Gasteiger partial charge >= 0.3 is 0 Å². The van der Waals surface area contributed by atoms with Crippen LogP contribution in [0.25, 0.3) is 0 Å². The van der Waals surface area contributed by atoms with Gasteiger partial charge in [-0.25, -0.2) is 0 Å². The average molecular weight is 277 g/mol. The molecule has 0 aliphatic rings. The van der Waals surface area contributed by atoms with Gasteiger partial charge in [-0.05, 0) is 48.8 Å². The summed E-state index contributed by atoms with van der Waals surface area (Å²) in [6.07, 6.45) is 4.75. The molecule has 1 aromatic carbocycles. The van der Waals surface area contributed by atoms with Crippen molar-refractivity contribution in [3.05, 3.63) is 35.4 Å². The van der Waals surface area contributed by atoms with Gasteiger partial charge in [0.15, 0.2) is 0 Å². The molecule has 1 aromatic rings. The molecule has 0 unspecified atom stereocenters. The summed E-state index contributed by atoms with van der Waals surface area (Å²) in [5, 5.41) is 3.43. The zero-order valence-electron chi connectivity index (χ0n) is 13.7. The molecule has 0 heterocycles. The summed E-state index contributed by atoms with van der Waals surface area (Å²) < 4.78 is 5.04. The minimum atomic E-state index is 0.392. The van der Waals surface area contributed by atoms with Gasteiger partial charge in [-0.15, -0.1) is 0 Å². The minimum Gasteiger partial charge on any atom is -0.383 e. The molecule has 20 heavy (non-hydrogen) atoms. The van der Waals surface area contributed by atoms with E-state index in [2.05, 4.69) is 50.4 Å². The van der Waals surface area contributed by atoms with Crippen molar-refractivity contribution in [1.82, 2.24) is 5.32 Å². The zero-order chi connectivity index (χ0) is 14.8. The third-order valence-electron chi connectivity index (χ3n) is 3.98. The van der Waals surface area contributed by atoms with Gasteiger partial charge in [0, 0.05) is 13.7 Å². The van der Waals surface area contributed by atoms with Crippen LogP contribution in [-0.2, 0) is 17.6 Å². The highest BCUT2D eigenvalue weighted by molar-refractivity contribution is 5.22. The minimum absolute atomic E-state index is 0.392. The van der Waals surface area contributed by atoms with Gasteiger partial charge in [-0.3, -0.25) is 0 Å². The third kappa shape index (κ3) is 7.06. The largest absolute Gasteiger partial charge is 0.383 e. The van der Waals surface area contributed by atoms with Crippen molar-refractivity contribution >= 4 is 0 Å². The molecule has 114 valence electrons. The van der Waals surface area contributed by atoms with Crippen LogP contribution in [0.3, 0.4) is 0 Å². The van der Waals surface area contributed by atoms with Gasteiger partial charge in [0.1, 0.15) is 0 Å². The molecule has 0 atom stereocenters. The molecule has 0 fully saturated rings. The number of methoxy groups -OCH3 is 1. The predicted molar refractivity (Wildman–Crippen MR) is 87.3 cm³/mol. The molecule has 0 aromatic heterocycles. The molecule has 0 saturated heterocycles. The van der Waals surface area contributed by atoms with Crippen LogP contribution < -0.4 is 5.32 Å². The topological polar surface area (TPSA) is 21.3 Å². The first kappa shape index (κ1) is 17.2. The number of ether oxygens (including phenoxy) is 1. The molecule has 0 aliphatic carbocycles. The monoisotopic (exact) mass is 277 g/mol. The van der Waals surface area contributed by atoms with Gasteiger partial charge in [0.05, 0.1) is 6.61 Å². The smallest absolute Gasteiger partial charge is 0.0587 e. The fraction of sp³-hybridized carbons (Fsp3) is 0.667. The summed E-state index contributed by atoms with van der Waals surface area (Å²) in [7, 11) is 1.75. The number of benzene rings is 1. The van der Waals surface area contributed by atoms with E-state index < -0.39 is 0 Å². The number of nitrogens with one attached hydrogen (secondary N) is 1. The van der Waals surface area contributed by atoms with Crippen LogP contribution in [0.1, 0.15) is 44.7 Å². The van der Waals surface area contributed by atoms with Crippen LogP contribution in [0.5, 0.6) is 0 Å². The van der Waals surface area contributed by atoms with Crippen LogP contribution in [-0.4, -0.2) is 26.8 Å². The molecule has 2 heteroatoms. The lowest BCUT2D eigenvalue weighted by Crippen LogP contribution is -2.25. The van der Waals surface area contributed by atoms with Gasteiger partial charge in [0.25, 0.3) is 0 Å². The molecule has 2 nitrogen and oxygen atoms in total. The van der Waals surface area contributed by atoms with Crippen molar-refractivity contribution in [2.24, 2.45) is 5.41 Å². The molecule has 1 N–H and O–H groups in total. The molecule has 0 radical (unpaired) electrons. The summed E-state index contributed by atoms with van der Waals surface area (Å²) in [6, 6.07) is 9.08. The van der Waals surface area contributed by atoms with Crippen molar-refractivity contribution in [1.29, 1.82) is 0 Å². The lowest BCUT2D eigenvalue weighted by Gasteiger charge is -2.25. The first-order valence-corrected chi connectivity index (χ1v) is 7.85. The van der Waals surface area contributed by atoms with E-state index >= 15 is 0 Å². The number of rotatable bonds is 10. The quantitative estimate of drug-likeness (QED) is 0.656. The highest BCUT2D eigenvalue weighted by Crippen LogP contribution is 2.26. The molecule has 0 spiro atoms. The van der Waals surface area contributed by atoms with E-state index in [0.717, 1.165) is 26.1 Å². The normalized spacial score (nSPS) is 11.8. The van der Waals surface area contributed by atoms with E-state index in [0.29, 0.717) is 5.41 Å².